The van der Waals surface area contributed by atoms with Crippen molar-refractivity contribution in [3.8, 4) is 5.75 Å². The van der Waals surface area contributed by atoms with Gasteiger partial charge in [-0.15, -0.1) is 0 Å². The maximum atomic E-state index is 12.0. The van der Waals surface area contributed by atoms with Crippen molar-refractivity contribution in [1.82, 2.24) is 0 Å². The third-order valence-electron chi connectivity index (χ3n) is 4.08. The first-order valence-electron chi connectivity index (χ1n) is 8.97. The Bertz CT molecular complexity index is 1230. The predicted molar refractivity (Wildman–Crippen MR) is 119 cm³/mol. The molecule has 14 heteroatoms. The average Bonchev–Trinajstić information content (AvgIpc) is 2.79. The van der Waals surface area contributed by atoms with E-state index in [2.05, 4.69) is 5.32 Å². The van der Waals surface area contributed by atoms with Crippen LogP contribution in [0.15, 0.2) is 66.7 Å². The molecule has 0 fully saturated rings. The lowest BCUT2D eigenvalue weighted by Crippen LogP contribution is -2.12. The molecule has 0 aliphatic rings. The molecule has 0 heterocycles. The highest BCUT2D eigenvalue weighted by Crippen LogP contribution is 2.24. The molecule has 3 aromatic carbocycles. The second-order valence-electron chi connectivity index (χ2n) is 6.29. The number of carbonyl (C=O) groups is 2. The molecule has 2 N–H and O–H groups in total. The minimum atomic E-state index is -0.697. The van der Waals surface area contributed by atoms with E-state index in [1.54, 1.807) is 0 Å². The number of halogens is 1. The molecule has 0 saturated heterocycles. The molecule has 1 amide bonds. The molecule has 0 atom stereocenters. The van der Waals surface area contributed by atoms with Gasteiger partial charge < -0.3 is 10.4 Å². The second-order valence-corrected chi connectivity index (χ2v) is 6.64. The van der Waals surface area contributed by atoms with Crippen molar-refractivity contribution in [3.05, 3.63) is 108 Å². The van der Waals surface area contributed by atoms with Crippen LogP contribution in [-0.2, 0) is 0 Å². The van der Waals surface area contributed by atoms with E-state index in [0.29, 0.717) is 0 Å². The maximum Gasteiger partial charge on any atom is 0.273 e. The molecule has 0 aliphatic heterocycles. The lowest BCUT2D eigenvalue weighted by atomic mass is 10.1. The summed E-state index contributed by atoms with van der Waals surface area (Å²) in [7, 11) is 0. The Labute approximate surface area is 194 Å². The van der Waals surface area contributed by atoms with E-state index in [1.807, 2.05) is 0 Å². The number of non-ortho nitro benzene ring substituents is 3. The molecule has 13 nitrogen and oxygen atoms in total. The quantitative estimate of drug-likeness (QED) is 0.286. The van der Waals surface area contributed by atoms with Gasteiger partial charge in [-0.1, -0.05) is 0 Å². The number of phenols is 1. The fraction of sp³-hybridized carbons (Fsp3) is 0. The van der Waals surface area contributed by atoms with Crippen molar-refractivity contribution < 1.29 is 29.5 Å². The van der Waals surface area contributed by atoms with Gasteiger partial charge in [0.25, 0.3) is 28.2 Å². The van der Waals surface area contributed by atoms with Gasteiger partial charge in [-0.05, 0) is 41.9 Å². The number of hydrogen-bond acceptors (Lipinski definition) is 9. The number of carbonyl (C=O) groups excluding carboxylic acids is 2. The summed E-state index contributed by atoms with van der Waals surface area (Å²) in [6.45, 7) is 0. The van der Waals surface area contributed by atoms with Gasteiger partial charge in [0.15, 0.2) is 0 Å². The number of rotatable bonds is 6. The number of amides is 1. The first-order valence-corrected chi connectivity index (χ1v) is 9.35. The largest absolute Gasteiger partial charge is 0.507 e. The molecular weight excluding hydrogens is 476 g/mol. The number of nitrogens with one attached hydrogen (secondary N) is 1. The van der Waals surface area contributed by atoms with Crippen LogP contribution in [0.4, 0.5) is 22.7 Å². The number of hydrogen-bond donors (Lipinski definition) is 2. The summed E-state index contributed by atoms with van der Waals surface area (Å²) in [4.78, 5) is 51.9. The molecule has 0 unspecified atom stereocenters. The number of nitrogens with zero attached hydrogens (tertiary/aromatic N) is 3. The fourth-order valence-corrected chi connectivity index (χ4v) is 2.53. The number of aromatic hydroxyl groups is 1. The van der Waals surface area contributed by atoms with E-state index in [1.165, 1.54) is 48.5 Å². The summed E-state index contributed by atoms with van der Waals surface area (Å²) < 4.78 is 0. The van der Waals surface area contributed by atoms with Crippen LogP contribution in [0, 0.1) is 30.3 Å². The lowest BCUT2D eigenvalue weighted by Gasteiger charge is -2.06. The summed E-state index contributed by atoms with van der Waals surface area (Å²) in [6.07, 6.45) is 0. The Morgan fingerprint density at radius 3 is 1.59 bits per heavy atom. The zero-order valence-corrected chi connectivity index (χ0v) is 17.5. The van der Waals surface area contributed by atoms with Crippen LogP contribution in [0.1, 0.15) is 20.7 Å². The molecule has 34 heavy (non-hydrogen) atoms. The highest BCUT2D eigenvalue weighted by molar-refractivity contribution is 6.67. The van der Waals surface area contributed by atoms with Crippen LogP contribution in [0.3, 0.4) is 0 Å². The van der Waals surface area contributed by atoms with Crippen molar-refractivity contribution in [1.29, 1.82) is 0 Å². The van der Waals surface area contributed by atoms with Gasteiger partial charge in [-0.3, -0.25) is 39.9 Å². The molecule has 3 rings (SSSR count). The Balaban J connectivity index is 0.000000287. The Morgan fingerprint density at radius 1 is 0.735 bits per heavy atom. The van der Waals surface area contributed by atoms with E-state index in [0.717, 1.165) is 18.2 Å². The highest BCUT2D eigenvalue weighted by atomic mass is 35.5. The summed E-state index contributed by atoms with van der Waals surface area (Å²) in [5.41, 5.74) is -0.142. The predicted octanol–water partition coefficient (Wildman–Crippen LogP) is 4.43. The van der Waals surface area contributed by atoms with E-state index in [9.17, 15) is 45.0 Å². The normalized spacial score (nSPS) is 9.79. The maximum absolute atomic E-state index is 12.0. The third kappa shape index (κ3) is 6.80. The van der Waals surface area contributed by atoms with Gasteiger partial charge in [0.1, 0.15) is 5.75 Å². The summed E-state index contributed by atoms with van der Waals surface area (Å²) in [5.74, 6) is -1.23. The molecule has 0 bridgehead atoms. The average molecular weight is 489 g/mol. The van der Waals surface area contributed by atoms with Gasteiger partial charge in [0.05, 0.1) is 26.4 Å². The van der Waals surface area contributed by atoms with Gasteiger partial charge in [-0.2, -0.15) is 0 Å². The first-order chi connectivity index (χ1) is 16.0. The number of nitro benzene ring substituents is 3. The lowest BCUT2D eigenvalue weighted by molar-refractivity contribution is -0.385. The Morgan fingerprint density at radius 2 is 1.18 bits per heavy atom. The zero-order chi connectivity index (χ0) is 25.4. The van der Waals surface area contributed by atoms with Crippen molar-refractivity contribution in [2.24, 2.45) is 0 Å². The van der Waals surface area contributed by atoms with E-state index < -0.39 is 31.7 Å². The van der Waals surface area contributed by atoms with Crippen LogP contribution in [0.5, 0.6) is 5.75 Å². The van der Waals surface area contributed by atoms with Crippen molar-refractivity contribution in [2.75, 3.05) is 5.32 Å². The fourth-order valence-electron chi connectivity index (χ4n) is 2.40. The molecule has 3 aromatic rings. The van der Waals surface area contributed by atoms with E-state index in [4.69, 9.17) is 11.6 Å². The molecule has 0 spiro atoms. The SMILES string of the molecule is O=C(Cl)c1ccc([N+](=O)[O-])cc1.O=C(Nc1ccc([N+](=O)[O-])cc1)c1ccc([N+](=O)[O-])cc1O. The van der Waals surface area contributed by atoms with Crippen LogP contribution in [-0.4, -0.2) is 31.0 Å². The smallest absolute Gasteiger partial charge is 0.273 e. The van der Waals surface area contributed by atoms with Gasteiger partial charge >= 0.3 is 0 Å². The number of benzene rings is 3. The molecular formula is C20H13ClN4O9. The minimum absolute atomic E-state index is 0.0586. The summed E-state index contributed by atoms with van der Waals surface area (Å²) >= 11 is 5.13. The number of phenolic OH excluding ortho intramolecular Hbond substituents is 1. The third-order valence-corrected chi connectivity index (χ3v) is 4.30. The number of anilines is 1. The van der Waals surface area contributed by atoms with Crippen LogP contribution in [0.25, 0.3) is 0 Å². The molecule has 0 saturated carbocycles. The van der Waals surface area contributed by atoms with E-state index >= 15 is 0 Å². The summed E-state index contributed by atoms with van der Waals surface area (Å²) in [5, 5.41) is 42.7. The van der Waals surface area contributed by atoms with Gasteiger partial charge in [0, 0.05) is 41.6 Å². The van der Waals surface area contributed by atoms with Gasteiger partial charge in [0.2, 0.25) is 0 Å². The Hall–Kier alpha value is -4.91. The van der Waals surface area contributed by atoms with Crippen molar-refractivity contribution in [3.63, 3.8) is 0 Å². The van der Waals surface area contributed by atoms with Gasteiger partial charge in [-0.25, -0.2) is 0 Å². The monoisotopic (exact) mass is 488 g/mol. The topological polar surface area (TPSA) is 196 Å². The molecule has 0 aliphatic carbocycles. The zero-order valence-electron chi connectivity index (χ0n) is 16.8. The standard InChI is InChI=1S/C13H9N3O6.C7H4ClNO3/c17-12-7-10(16(21)22)5-6-11(12)13(18)14-8-1-3-9(4-2-8)15(19)20;8-7(10)5-1-3-6(4-2-5)9(11)12/h1-7,17H,(H,14,18);1-4H. The van der Waals surface area contributed by atoms with Crippen LogP contribution >= 0.6 is 11.6 Å². The molecule has 174 valence electrons. The minimum Gasteiger partial charge on any atom is -0.507 e. The summed E-state index contributed by atoms with van der Waals surface area (Å²) in [6, 6.07) is 13.3. The molecule has 0 aromatic heterocycles. The second kappa shape index (κ2) is 11.1. The number of nitro groups is 3. The van der Waals surface area contributed by atoms with Crippen LogP contribution < -0.4 is 5.32 Å². The highest BCUT2D eigenvalue weighted by Gasteiger charge is 2.16. The van der Waals surface area contributed by atoms with Crippen molar-refractivity contribution in [2.45, 2.75) is 0 Å². The Kier molecular flexibility index (Phi) is 8.28. The van der Waals surface area contributed by atoms with Crippen LogP contribution in [0.2, 0.25) is 0 Å². The molecule has 0 radical (unpaired) electrons. The van der Waals surface area contributed by atoms with E-state index in [-0.39, 0.29) is 33.9 Å². The first kappa shape index (κ1) is 25.4. The van der Waals surface area contributed by atoms with Crippen molar-refractivity contribution >= 4 is 45.5 Å².